The standard InChI is InChI=1S/C55H106O6/c1-6-8-9-10-11-12-13-21-24-30-35-40-45-53(56)59-48-52(49-60-54(57)46-41-36-31-27-26-29-34-39-44-51(5)7-2)61-55(58)47-42-37-32-25-22-19-17-15-14-16-18-20-23-28-33-38-43-50(3)4/h50-52H,6-49H2,1-5H3/t51?,52-/m1/s1. The number of carbonyl (C=O) groups is 3. The van der Waals surface area contributed by atoms with Gasteiger partial charge in [-0.05, 0) is 31.1 Å². The largest absolute Gasteiger partial charge is 0.462 e. The summed E-state index contributed by atoms with van der Waals surface area (Å²) in [6.45, 7) is 11.4. The van der Waals surface area contributed by atoms with Crippen molar-refractivity contribution < 1.29 is 28.6 Å². The predicted molar refractivity (Wildman–Crippen MR) is 261 cm³/mol. The Morgan fingerprint density at radius 1 is 0.344 bits per heavy atom. The second kappa shape index (κ2) is 47.9. The van der Waals surface area contributed by atoms with E-state index in [1.54, 1.807) is 0 Å². The van der Waals surface area contributed by atoms with Crippen LogP contribution in [0.5, 0.6) is 0 Å². The highest BCUT2D eigenvalue weighted by Crippen LogP contribution is 2.18. The van der Waals surface area contributed by atoms with Gasteiger partial charge in [-0.1, -0.05) is 266 Å². The minimum Gasteiger partial charge on any atom is -0.462 e. The van der Waals surface area contributed by atoms with E-state index in [9.17, 15) is 14.4 Å². The molecule has 0 aliphatic heterocycles. The topological polar surface area (TPSA) is 78.9 Å². The molecule has 2 atom stereocenters. The lowest BCUT2D eigenvalue weighted by atomic mass is 9.99. The fourth-order valence-corrected chi connectivity index (χ4v) is 8.31. The van der Waals surface area contributed by atoms with Crippen molar-refractivity contribution in [2.75, 3.05) is 13.2 Å². The van der Waals surface area contributed by atoms with Crippen LogP contribution in [0.3, 0.4) is 0 Å². The van der Waals surface area contributed by atoms with Crippen molar-refractivity contribution in [2.24, 2.45) is 11.8 Å². The molecule has 0 aliphatic rings. The van der Waals surface area contributed by atoms with Gasteiger partial charge in [0.25, 0.3) is 0 Å². The molecule has 0 rings (SSSR count). The van der Waals surface area contributed by atoms with E-state index < -0.39 is 6.10 Å². The van der Waals surface area contributed by atoms with Gasteiger partial charge in [0.05, 0.1) is 0 Å². The van der Waals surface area contributed by atoms with Crippen LogP contribution in [-0.2, 0) is 28.6 Å². The van der Waals surface area contributed by atoms with Crippen molar-refractivity contribution in [1.29, 1.82) is 0 Å². The Kier molecular flexibility index (Phi) is 46.6. The van der Waals surface area contributed by atoms with Crippen LogP contribution < -0.4 is 0 Å². The van der Waals surface area contributed by atoms with Crippen LogP contribution in [0.2, 0.25) is 0 Å². The first-order valence-corrected chi connectivity index (χ1v) is 27.3. The maximum Gasteiger partial charge on any atom is 0.306 e. The van der Waals surface area contributed by atoms with Crippen molar-refractivity contribution in [3.8, 4) is 0 Å². The third kappa shape index (κ3) is 47.7. The molecule has 0 aromatic heterocycles. The minimum atomic E-state index is -0.762. The number of carbonyl (C=O) groups excluding carboxylic acids is 3. The number of ether oxygens (including phenoxy) is 3. The molecule has 0 heterocycles. The van der Waals surface area contributed by atoms with Crippen LogP contribution in [0.4, 0.5) is 0 Å². The Labute approximate surface area is 380 Å². The van der Waals surface area contributed by atoms with Crippen molar-refractivity contribution in [2.45, 2.75) is 310 Å². The molecule has 61 heavy (non-hydrogen) atoms. The molecular formula is C55H106O6. The highest BCUT2D eigenvalue weighted by molar-refractivity contribution is 5.71. The Hall–Kier alpha value is -1.59. The van der Waals surface area contributed by atoms with Gasteiger partial charge in [-0.2, -0.15) is 0 Å². The van der Waals surface area contributed by atoms with E-state index in [4.69, 9.17) is 14.2 Å². The van der Waals surface area contributed by atoms with Crippen LogP contribution in [-0.4, -0.2) is 37.2 Å². The Bertz CT molecular complexity index is 933. The smallest absolute Gasteiger partial charge is 0.306 e. The fourth-order valence-electron chi connectivity index (χ4n) is 8.31. The first-order chi connectivity index (χ1) is 29.8. The molecule has 362 valence electrons. The number of hydrogen-bond donors (Lipinski definition) is 0. The molecule has 0 saturated carbocycles. The summed E-state index contributed by atoms with van der Waals surface area (Å²) in [6, 6.07) is 0. The molecule has 0 radical (unpaired) electrons. The summed E-state index contributed by atoms with van der Waals surface area (Å²) < 4.78 is 16.8. The molecule has 0 aromatic rings. The maximum atomic E-state index is 12.8. The summed E-state index contributed by atoms with van der Waals surface area (Å²) in [4.78, 5) is 38.0. The molecule has 0 saturated heterocycles. The van der Waals surface area contributed by atoms with E-state index in [0.29, 0.717) is 19.3 Å². The third-order valence-electron chi connectivity index (χ3n) is 12.8. The average Bonchev–Trinajstić information content (AvgIpc) is 3.24. The Morgan fingerprint density at radius 3 is 0.934 bits per heavy atom. The van der Waals surface area contributed by atoms with Gasteiger partial charge in [-0.25, -0.2) is 0 Å². The maximum absolute atomic E-state index is 12.8. The van der Waals surface area contributed by atoms with Crippen molar-refractivity contribution in [1.82, 2.24) is 0 Å². The number of unbranched alkanes of at least 4 members (excludes halogenated alkanes) is 33. The van der Waals surface area contributed by atoms with E-state index in [1.807, 2.05) is 0 Å². The van der Waals surface area contributed by atoms with Gasteiger partial charge in [0.15, 0.2) is 6.10 Å². The third-order valence-corrected chi connectivity index (χ3v) is 12.8. The molecular weight excluding hydrogens is 757 g/mol. The van der Waals surface area contributed by atoms with Crippen LogP contribution in [0.15, 0.2) is 0 Å². The molecule has 0 aliphatic carbocycles. The summed E-state index contributed by atoms with van der Waals surface area (Å²) >= 11 is 0. The van der Waals surface area contributed by atoms with Crippen molar-refractivity contribution in [3.63, 3.8) is 0 Å². The van der Waals surface area contributed by atoms with E-state index in [2.05, 4.69) is 34.6 Å². The van der Waals surface area contributed by atoms with E-state index in [0.717, 1.165) is 69.6 Å². The molecule has 0 bridgehead atoms. The Balaban J connectivity index is 4.28. The van der Waals surface area contributed by atoms with Crippen molar-refractivity contribution >= 4 is 17.9 Å². The summed E-state index contributed by atoms with van der Waals surface area (Å²) in [6.07, 6.45) is 49.4. The highest BCUT2D eigenvalue weighted by Gasteiger charge is 2.19. The summed E-state index contributed by atoms with van der Waals surface area (Å²) in [5.41, 5.74) is 0. The van der Waals surface area contributed by atoms with E-state index in [-0.39, 0.29) is 31.1 Å². The first-order valence-electron chi connectivity index (χ1n) is 27.3. The van der Waals surface area contributed by atoms with Gasteiger partial charge in [-0.15, -0.1) is 0 Å². The summed E-state index contributed by atoms with van der Waals surface area (Å²) in [5, 5.41) is 0. The van der Waals surface area contributed by atoms with Gasteiger partial charge in [0.1, 0.15) is 13.2 Å². The lowest BCUT2D eigenvalue weighted by Gasteiger charge is -2.18. The zero-order valence-corrected chi connectivity index (χ0v) is 41.8. The molecule has 1 unspecified atom stereocenters. The zero-order chi connectivity index (χ0) is 44.7. The molecule has 0 amide bonds. The quantitative estimate of drug-likeness (QED) is 0.0344. The minimum absolute atomic E-state index is 0.0635. The SMILES string of the molecule is CCCCCCCCCCCCCCC(=O)OC[C@H](COC(=O)CCCCCCCCCCC(C)CC)OC(=O)CCCCCCCCCCCCCCCCCCC(C)C. The number of rotatable bonds is 49. The van der Waals surface area contributed by atoms with Gasteiger partial charge in [0, 0.05) is 19.3 Å². The molecule has 0 N–H and O–H groups in total. The predicted octanol–water partition coefficient (Wildman–Crippen LogP) is 17.7. The van der Waals surface area contributed by atoms with Gasteiger partial charge >= 0.3 is 17.9 Å². The van der Waals surface area contributed by atoms with Gasteiger partial charge in [-0.3, -0.25) is 14.4 Å². The second-order valence-electron chi connectivity index (χ2n) is 19.6. The van der Waals surface area contributed by atoms with Crippen LogP contribution in [0, 0.1) is 11.8 Å². The summed E-state index contributed by atoms with van der Waals surface area (Å²) in [7, 11) is 0. The normalized spacial score (nSPS) is 12.5. The highest BCUT2D eigenvalue weighted by atomic mass is 16.6. The lowest BCUT2D eigenvalue weighted by Crippen LogP contribution is -2.30. The molecule has 0 spiro atoms. The van der Waals surface area contributed by atoms with Gasteiger partial charge in [0.2, 0.25) is 0 Å². The molecule has 0 aromatic carbocycles. The van der Waals surface area contributed by atoms with Crippen LogP contribution >= 0.6 is 0 Å². The van der Waals surface area contributed by atoms with Gasteiger partial charge < -0.3 is 14.2 Å². The lowest BCUT2D eigenvalue weighted by molar-refractivity contribution is -0.167. The van der Waals surface area contributed by atoms with Crippen molar-refractivity contribution in [3.05, 3.63) is 0 Å². The monoisotopic (exact) mass is 863 g/mol. The van der Waals surface area contributed by atoms with Crippen LogP contribution in [0.1, 0.15) is 304 Å². The van der Waals surface area contributed by atoms with E-state index >= 15 is 0 Å². The summed E-state index contributed by atoms with van der Waals surface area (Å²) in [5.74, 6) is 0.854. The molecule has 6 nitrogen and oxygen atoms in total. The second-order valence-corrected chi connectivity index (χ2v) is 19.6. The van der Waals surface area contributed by atoms with Crippen LogP contribution in [0.25, 0.3) is 0 Å². The molecule has 6 heteroatoms. The Morgan fingerprint density at radius 2 is 0.623 bits per heavy atom. The average molecular weight is 863 g/mol. The molecule has 0 fully saturated rings. The number of esters is 3. The fraction of sp³-hybridized carbons (Fsp3) is 0.945. The van der Waals surface area contributed by atoms with E-state index in [1.165, 1.54) is 193 Å². The number of hydrogen-bond acceptors (Lipinski definition) is 6. The zero-order valence-electron chi connectivity index (χ0n) is 41.8. The first kappa shape index (κ1) is 59.4.